The van der Waals surface area contributed by atoms with Crippen molar-refractivity contribution in [2.24, 2.45) is 23.0 Å². The number of rotatable bonds is 12. The molecule has 1 aromatic rings. The Morgan fingerprint density at radius 2 is 1.65 bits per heavy atom. The number of hydrogen-bond acceptors (Lipinski definition) is 8. The molecule has 4 N–H and O–H groups in total. The molecular weight excluding hydrogens is 655 g/mol. The summed E-state index contributed by atoms with van der Waals surface area (Å²) in [5, 5.41) is 1.61. The zero-order chi connectivity index (χ0) is 36.9. The van der Waals surface area contributed by atoms with Crippen molar-refractivity contribution >= 4 is 39.3 Å². The number of benzene rings is 1. The van der Waals surface area contributed by atoms with E-state index in [1.165, 1.54) is 14.0 Å². The van der Waals surface area contributed by atoms with Gasteiger partial charge in [0.25, 0.3) is 10.0 Å². The third-order valence-corrected chi connectivity index (χ3v) is 9.83. The zero-order valence-corrected chi connectivity index (χ0v) is 29.7. The molecule has 1 saturated heterocycles. The number of anilines is 1. The van der Waals surface area contributed by atoms with Crippen LogP contribution in [0.25, 0.3) is 0 Å². The van der Waals surface area contributed by atoms with E-state index in [0.717, 1.165) is 24.3 Å². The molecule has 0 unspecified atom stereocenters. The quantitative estimate of drug-likeness (QED) is 0.279. The highest BCUT2D eigenvalue weighted by molar-refractivity contribution is 7.90. The van der Waals surface area contributed by atoms with Gasteiger partial charge in [0.15, 0.2) is 0 Å². The molecule has 48 heavy (non-hydrogen) atoms. The second kappa shape index (κ2) is 15.8. The third-order valence-electron chi connectivity index (χ3n) is 8.47. The van der Waals surface area contributed by atoms with E-state index in [0.29, 0.717) is 25.0 Å². The molecule has 1 heterocycles. The maximum Gasteiger partial charge on any atom is 0.471 e. The smallest absolute Gasteiger partial charge is 0.378 e. The van der Waals surface area contributed by atoms with Gasteiger partial charge in [0, 0.05) is 32.0 Å². The summed E-state index contributed by atoms with van der Waals surface area (Å²) in [6.45, 7) is 13.0. The highest BCUT2D eigenvalue weighted by atomic mass is 32.2. The molecule has 16 heteroatoms. The molecule has 270 valence electrons. The summed E-state index contributed by atoms with van der Waals surface area (Å²) in [6.07, 6.45) is -3.19. The van der Waals surface area contributed by atoms with E-state index in [9.17, 15) is 40.8 Å². The minimum absolute atomic E-state index is 0.0459. The highest BCUT2D eigenvalue weighted by Gasteiger charge is 2.42. The lowest BCUT2D eigenvalue weighted by Gasteiger charge is -2.36. The first kappa shape index (κ1) is 40.7. The Hall–Kier alpha value is -3.50. The Labute approximate surface area is 280 Å². The first-order valence-electron chi connectivity index (χ1n) is 15.5. The summed E-state index contributed by atoms with van der Waals surface area (Å²) in [5.41, 5.74) is 5.85. The van der Waals surface area contributed by atoms with Crippen LogP contribution in [0.5, 0.6) is 0 Å². The van der Waals surface area contributed by atoms with E-state index in [2.05, 4.69) is 0 Å². The van der Waals surface area contributed by atoms with E-state index in [1.807, 2.05) is 39.3 Å². The van der Waals surface area contributed by atoms with Crippen molar-refractivity contribution in [1.82, 2.24) is 14.5 Å². The predicted octanol–water partition coefficient (Wildman–Crippen LogP) is 3.44. The third kappa shape index (κ3) is 10.0. The number of sulfonamides is 1. The number of carbonyl (C=O) groups excluding carboxylic acids is 4. The summed E-state index contributed by atoms with van der Waals surface area (Å²) in [6, 6.07) is 2.05. The maximum absolute atomic E-state index is 13.8. The Kier molecular flexibility index (Phi) is 13.4. The number of nitrogens with zero attached hydrogens (tertiary/aromatic N) is 2. The van der Waals surface area contributed by atoms with Crippen molar-refractivity contribution in [3.05, 3.63) is 35.9 Å². The SMILES string of the molecule is CO[C@H]([C@@H](C)C(=O)NS(=O)(=O)c1ccc(NC(=O)C(F)(F)F)cc1)[C@@H]1CCCN1C(=O)C(C)=C[C@H](C(C)C)N(C)C(=O)[C@@H](N)C(C)(C)C. The number of carbonyl (C=O) groups is 4. The molecule has 5 atom stereocenters. The minimum atomic E-state index is -5.13. The number of amides is 4. The van der Waals surface area contributed by atoms with E-state index in [4.69, 9.17) is 10.5 Å². The molecule has 0 bridgehead atoms. The molecule has 1 aliphatic heterocycles. The van der Waals surface area contributed by atoms with Gasteiger partial charge in [-0.2, -0.15) is 13.2 Å². The monoisotopic (exact) mass is 703 g/mol. The van der Waals surface area contributed by atoms with E-state index < -0.39 is 68.5 Å². The molecule has 12 nitrogen and oxygen atoms in total. The van der Waals surface area contributed by atoms with Crippen LogP contribution in [0, 0.1) is 17.3 Å². The van der Waals surface area contributed by atoms with Crippen LogP contribution in [0.4, 0.5) is 18.9 Å². The molecule has 4 amide bonds. The number of likely N-dealkylation sites (N-methyl/N-ethyl adjacent to an activating group) is 1. The van der Waals surface area contributed by atoms with Gasteiger partial charge < -0.3 is 25.6 Å². The molecule has 0 aliphatic carbocycles. The van der Waals surface area contributed by atoms with Crippen molar-refractivity contribution in [3.63, 3.8) is 0 Å². The minimum Gasteiger partial charge on any atom is -0.378 e. The zero-order valence-electron chi connectivity index (χ0n) is 28.8. The molecule has 1 fully saturated rings. The van der Waals surface area contributed by atoms with Crippen molar-refractivity contribution in [3.8, 4) is 0 Å². The second-order valence-electron chi connectivity index (χ2n) is 13.5. The van der Waals surface area contributed by atoms with E-state index >= 15 is 0 Å². The number of hydrogen-bond donors (Lipinski definition) is 3. The highest BCUT2D eigenvalue weighted by Crippen LogP contribution is 2.29. The van der Waals surface area contributed by atoms with Gasteiger partial charge in [0.05, 0.1) is 35.0 Å². The number of ether oxygens (including phenoxy) is 1. The molecule has 0 aromatic heterocycles. The van der Waals surface area contributed by atoms with Gasteiger partial charge in [0.2, 0.25) is 17.7 Å². The second-order valence-corrected chi connectivity index (χ2v) is 15.2. The predicted molar refractivity (Wildman–Crippen MR) is 174 cm³/mol. The number of halogens is 3. The van der Waals surface area contributed by atoms with Gasteiger partial charge in [0.1, 0.15) is 0 Å². The Bertz CT molecular complexity index is 1470. The summed E-state index contributed by atoms with van der Waals surface area (Å²) < 4.78 is 71.1. The van der Waals surface area contributed by atoms with Crippen LogP contribution in [0.1, 0.15) is 61.3 Å². The molecule has 1 aromatic carbocycles. The van der Waals surface area contributed by atoms with Crippen LogP contribution in [-0.2, 0) is 33.9 Å². The molecule has 0 radical (unpaired) electrons. The number of alkyl halides is 3. The fourth-order valence-electron chi connectivity index (χ4n) is 5.48. The van der Waals surface area contributed by atoms with Gasteiger partial charge >= 0.3 is 12.1 Å². The van der Waals surface area contributed by atoms with Gasteiger partial charge in [-0.3, -0.25) is 19.2 Å². The Morgan fingerprint density at radius 1 is 1.08 bits per heavy atom. The summed E-state index contributed by atoms with van der Waals surface area (Å²) >= 11 is 0. The molecular formula is C32H48F3N5O7S. The van der Waals surface area contributed by atoms with Crippen LogP contribution in [0.15, 0.2) is 40.8 Å². The average molecular weight is 704 g/mol. The number of nitrogens with two attached hydrogens (primary N) is 1. The largest absolute Gasteiger partial charge is 0.471 e. The van der Waals surface area contributed by atoms with Gasteiger partial charge in [-0.05, 0) is 55.4 Å². The van der Waals surface area contributed by atoms with Gasteiger partial charge in [-0.25, -0.2) is 13.1 Å². The average Bonchev–Trinajstić information content (AvgIpc) is 3.46. The van der Waals surface area contributed by atoms with Crippen LogP contribution < -0.4 is 15.8 Å². The summed E-state index contributed by atoms with van der Waals surface area (Å²) in [5.74, 6) is -4.81. The van der Waals surface area contributed by atoms with Crippen molar-refractivity contribution in [2.75, 3.05) is 26.0 Å². The Morgan fingerprint density at radius 3 is 2.12 bits per heavy atom. The lowest BCUT2D eigenvalue weighted by Crippen LogP contribution is -2.53. The van der Waals surface area contributed by atoms with Gasteiger partial charge in [-0.15, -0.1) is 0 Å². The van der Waals surface area contributed by atoms with Crippen molar-refractivity contribution < 1.29 is 45.5 Å². The fraction of sp³-hybridized carbons (Fsp3) is 0.625. The molecule has 0 spiro atoms. The number of likely N-dealkylation sites (tertiary alicyclic amines) is 1. The van der Waals surface area contributed by atoms with Crippen LogP contribution in [0.3, 0.4) is 0 Å². The topological polar surface area (TPSA) is 168 Å². The standard InChI is InChI=1S/C32H48F3N5O7S/c1-18(2)24(39(8)29(43)26(36)31(5,6)7)17-19(3)28(42)40-16-10-11-23(40)25(47-9)20(4)27(41)38-48(45,46)22-14-12-21(13-15-22)37-30(44)32(33,34)35/h12-15,17-18,20,23-26H,10-11,16,36H2,1-9H3,(H,37,44)(H,38,41)/t20-,23+,24-,25-,26-/m1/s1. The van der Waals surface area contributed by atoms with Crippen molar-refractivity contribution in [2.45, 2.75) is 96.6 Å². The first-order valence-corrected chi connectivity index (χ1v) is 17.0. The summed E-state index contributed by atoms with van der Waals surface area (Å²) in [7, 11) is -1.45. The summed E-state index contributed by atoms with van der Waals surface area (Å²) in [4.78, 5) is 54.0. The molecule has 1 aliphatic rings. The van der Waals surface area contributed by atoms with E-state index in [1.54, 1.807) is 35.2 Å². The van der Waals surface area contributed by atoms with Crippen molar-refractivity contribution in [1.29, 1.82) is 0 Å². The first-order chi connectivity index (χ1) is 21.9. The van der Waals surface area contributed by atoms with Gasteiger partial charge in [-0.1, -0.05) is 47.6 Å². The lowest BCUT2D eigenvalue weighted by atomic mass is 9.86. The van der Waals surface area contributed by atoms with Crippen LogP contribution in [-0.4, -0.2) is 93.0 Å². The lowest BCUT2D eigenvalue weighted by molar-refractivity contribution is -0.167. The maximum atomic E-state index is 13.8. The normalized spacial score (nSPS) is 18.6. The number of nitrogens with one attached hydrogen (secondary N) is 2. The Balaban J connectivity index is 2.22. The molecule has 0 saturated carbocycles. The fourth-order valence-corrected chi connectivity index (χ4v) is 6.54. The van der Waals surface area contributed by atoms with Crippen LogP contribution >= 0.6 is 0 Å². The van der Waals surface area contributed by atoms with Crippen LogP contribution in [0.2, 0.25) is 0 Å². The number of methoxy groups -OCH3 is 1. The van der Waals surface area contributed by atoms with E-state index in [-0.39, 0.29) is 23.4 Å². The molecule has 2 rings (SSSR count).